The highest BCUT2D eigenvalue weighted by molar-refractivity contribution is 7.89. The van der Waals surface area contributed by atoms with E-state index in [9.17, 15) is 18.0 Å². The van der Waals surface area contributed by atoms with E-state index in [1.807, 2.05) is 25.1 Å². The van der Waals surface area contributed by atoms with Gasteiger partial charge in [-0.25, -0.2) is 12.7 Å². The van der Waals surface area contributed by atoms with Crippen molar-refractivity contribution in [1.29, 1.82) is 0 Å². The molecule has 2 aromatic carbocycles. The second-order valence-electron chi connectivity index (χ2n) is 7.75. The third-order valence-electron chi connectivity index (χ3n) is 5.04. The van der Waals surface area contributed by atoms with Gasteiger partial charge in [-0.3, -0.25) is 9.59 Å². The van der Waals surface area contributed by atoms with E-state index >= 15 is 0 Å². The number of nitrogens with one attached hydrogen (secondary N) is 1. The quantitative estimate of drug-likeness (QED) is 0.599. The average molecular weight is 431 g/mol. The van der Waals surface area contributed by atoms with Crippen LogP contribution in [0.4, 0.5) is 5.69 Å². The van der Waals surface area contributed by atoms with Crippen LogP contribution < -0.4 is 5.32 Å². The third-order valence-corrected chi connectivity index (χ3v) is 6.91. The molecule has 0 unspecified atom stereocenters. The fraction of sp³-hybridized carbons (Fsp3) is 0.391. The second-order valence-corrected chi connectivity index (χ2v) is 9.80. The lowest BCUT2D eigenvalue weighted by atomic mass is 9.98. The van der Waals surface area contributed by atoms with Crippen molar-refractivity contribution >= 4 is 27.4 Å². The second kappa shape index (κ2) is 10.00. The Balaban J connectivity index is 1.96. The van der Waals surface area contributed by atoms with Gasteiger partial charge in [0.2, 0.25) is 15.9 Å². The van der Waals surface area contributed by atoms with Crippen molar-refractivity contribution in [1.82, 2.24) is 4.31 Å². The van der Waals surface area contributed by atoms with E-state index in [0.717, 1.165) is 16.8 Å². The number of para-hydroxylation sites is 1. The van der Waals surface area contributed by atoms with Crippen molar-refractivity contribution in [3.8, 4) is 0 Å². The van der Waals surface area contributed by atoms with E-state index in [2.05, 4.69) is 19.2 Å². The van der Waals surface area contributed by atoms with Gasteiger partial charge in [0.15, 0.2) is 5.78 Å². The molecular formula is C23H30N2O4S. The number of sulfonamides is 1. The molecule has 0 aliphatic rings. The summed E-state index contributed by atoms with van der Waals surface area (Å²) in [6.45, 7) is 7.76. The molecule has 0 saturated carbocycles. The normalized spacial score (nSPS) is 11.7. The Kier molecular flexibility index (Phi) is 7.92. The number of amides is 1. The van der Waals surface area contributed by atoms with Gasteiger partial charge in [-0.1, -0.05) is 44.2 Å². The summed E-state index contributed by atoms with van der Waals surface area (Å²) >= 11 is 0. The van der Waals surface area contributed by atoms with Crippen LogP contribution in [0.1, 0.15) is 61.0 Å². The van der Waals surface area contributed by atoms with Crippen LogP contribution in [-0.4, -0.2) is 38.0 Å². The minimum absolute atomic E-state index is 0.118. The maximum atomic E-state index is 12.7. The number of hydrogen-bond donors (Lipinski definition) is 1. The topological polar surface area (TPSA) is 83.6 Å². The zero-order valence-electron chi connectivity index (χ0n) is 18.2. The number of benzene rings is 2. The Bertz CT molecular complexity index is 1010. The Labute approximate surface area is 179 Å². The molecule has 0 aliphatic carbocycles. The summed E-state index contributed by atoms with van der Waals surface area (Å²) in [5.41, 5.74) is 3.38. The van der Waals surface area contributed by atoms with Crippen LogP contribution in [-0.2, 0) is 14.8 Å². The van der Waals surface area contributed by atoms with Gasteiger partial charge in [-0.15, -0.1) is 0 Å². The van der Waals surface area contributed by atoms with Crippen LogP contribution in [0, 0.1) is 6.92 Å². The molecule has 0 fully saturated rings. The lowest BCUT2D eigenvalue weighted by Crippen LogP contribution is -2.28. The van der Waals surface area contributed by atoms with Crippen LogP contribution in [0.2, 0.25) is 0 Å². The van der Waals surface area contributed by atoms with Gasteiger partial charge in [0.05, 0.1) is 4.90 Å². The van der Waals surface area contributed by atoms with Crippen molar-refractivity contribution < 1.29 is 18.0 Å². The van der Waals surface area contributed by atoms with E-state index in [4.69, 9.17) is 0 Å². The first-order valence-corrected chi connectivity index (χ1v) is 11.4. The minimum atomic E-state index is -3.67. The van der Waals surface area contributed by atoms with Gasteiger partial charge in [-0.2, -0.15) is 0 Å². The molecule has 0 aliphatic heterocycles. The number of nitrogens with zero attached hydrogens (tertiary/aromatic N) is 1. The van der Waals surface area contributed by atoms with E-state index < -0.39 is 10.0 Å². The molecule has 30 heavy (non-hydrogen) atoms. The predicted molar refractivity (Wildman–Crippen MR) is 119 cm³/mol. The first kappa shape index (κ1) is 23.8. The predicted octanol–water partition coefficient (Wildman–Crippen LogP) is 4.36. The van der Waals surface area contributed by atoms with E-state index in [-0.39, 0.29) is 35.5 Å². The fourth-order valence-corrected chi connectivity index (χ4v) is 4.38. The molecule has 2 aromatic rings. The summed E-state index contributed by atoms with van der Waals surface area (Å²) < 4.78 is 26.6. The summed E-state index contributed by atoms with van der Waals surface area (Å²) in [6, 6.07) is 11.8. The Morgan fingerprint density at radius 2 is 1.70 bits per heavy atom. The number of hydrogen-bond acceptors (Lipinski definition) is 4. The molecule has 7 heteroatoms. The van der Waals surface area contributed by atoms with Crippen molar-refractivity contribution in [3.05, 3.63) is 59.2 Å². The number of rotatable bonds is 9. The van der Waals surface area contributed by atoms with Gasteiger partial charge >= 0.3 is 0 Å². The summed E-state index contributed by atoms with van der Waals surface area (Å²) in [7, 11) is -2.18. The summed E-state index contributed by atoms with van der Waals surface area (Å²) in [6.07, 6.45) is 0.616. The maximum absolute atomic E-state index is 12.7. The van der Waals surface area contributed by atoms with Gasteiger partial charge in [0.1, 0.15) is 0 Å². The Hall–Kier alpha value is -2.51. The van der Waals surface area contributed by atoms with Crippen LogP contribution >= 0.6 is 0 Å². The van der Waals surface area contributed by atoms with Crippen molar-refractivity contribution in [3.63, 3.8) is 0 Å². The molecule has 0 saturated heterocycles. The highest BCUT2D eigenvalue weighted by Crippen LogP contribution is 2.27. The lowest BCUT2D eigenvalue weighted by Gasteiger charge is -2.18. The molecule has 2 rings (SSSR count). The number of ketones is 1. The molecule has 1 amide bonds. The fourth-order valence-electron chi connectivity index (χ4n) is 3.17. The Morgan fingerprint density at radius 3 is 2.27 bits per heavy atom. The maximum Gasteiger partial charge on any atom is 0.242 e. The van der Waals surface area contributed by atoms with Crippen LogP contribution in [0.15, 0.2) is 47.4 Å². The zero-order valence-corrected chi connectivity index (χ0v) is 19.0. The standard InChI is InChI=1S/C23H30N2O4S/c1-16(2)21-9-6-8-17(3)23(21)24-22(27)10-7-15-25(5)30(28,29)20-13-11-19(12-14-20)18(4)26/h6,8-9,11-14,16H,7,10,15H2,1-5H3,(H,24,27). The number of anilines is 1. The van der Waals surface area contributed by atoms with Crippen molar-refractivity contribution in [2.24, 2.45) is 0 Å². The van der Waals surface area contributed by atoms with Crippen molar-refractivity contribution in [2.45, 2.75) is 51.3 Å². The number of Topliss-reactive ketones (excluding diaryl/α,β-unsaturated/α-hetero) is 1. The molecular weight excluding hydrogens is 400 g/mol. The summed E-state index contributed by atoms with van der Waals surface area (Å²) in [4.78, 5) is 23.9. The molecule has 0 radical (unpaired) electrons. The molecule has 0 atom stereocenters. The first-order valence-electron chi connectivity index (χ1n) is 10.0. The first-order chi connectivity index (χ1) is 14.0. The number of carbonyl (C=O) groups is 2. The van der Waals surface area contributed by atoms with Gasteiger partial charge in [0, 0.05) is 31.3 Å². The third kappa shape index (κ3) is 5.77. The number of aryl methyl sites for hydroxylation is 1. The average Bonchev–Trinajstić information content (AvgIpc) is 2.69. The summed E-state index contributed by atoms with van der Waals surface area (Å²) in [5.74, 6) is 0.0290. The molecule has 0 aromatic heterocycles. The molecule has 1 N–H and O–H groups in total. The SMILES string of the molecule is CC(=O)c1ccc(S(=O)(=O)N(C)CCCC(=O)Nc2c(C)cccc2C(C)C)cc1. The molecule has 0 bridgehead atoms. The molecule has 0 heterocycles. The Morgan fingerprint density at radius 1 is 1.07 bits per heavy atom. The smallest absolute Gasteiger partial charge is 0.242 e. The molecule has 162 valence electrons. The highest BCUT2D eigenvalue weighted by atomic mass is 32.2. The van der Waals surface area contributed by atoms with Gasteiger partial charge in [-0.05, 0) is 49.4 Å². The van der Waals surface area contributed by atoms with Crippen LogP contribution in [0.3, 0.4) is 0 Å². The zero-order chi connectivity index (χ0) is 22.5. The van der Waals surface area contributed by atoms with Crippen molar-refractivity contribution in [2.75, 3.05) is 18.9 Å². The van der Waals surface area contributed by atoms with E-state index in [1.54, 1.807) is 0 Å². The van der Waals surface area contributed by atoms with E-state index in [1.165, 1.54) is 42.5 Å². The largest absolute Gasteiger partial charge is 0.326 e. The molecule has 6 nitrogen and oxygen atoms in total. The number of carbonyl (C=O) groups excluding carboxylic acids is 2. The highest BCUT2D eigenvalue weighted by Gasteiger charge is 2.21. The lowest BCUT2D eigenvalue weighted by molar-refractivity contribution is -0.116. The van der Waals surface area contributed by atoms with Gasteiger partial charge < -0.3 is 5.32 Å². The molecule has 0 spiro atoms. The van der Waals surface area contributed by atoms with Crippen LogP contribution in [0.5, 0.6) is 0 Å². The summed E-state index contributed by atoms with van der Waals surface area (Å²) in [5, 5.41) is 2.98. The van der Waals surface area contributed by atoms with Crippen LogP contribution in [0.25, 0.3) is 0 Å². The monoisotopic (exact) mass is 430 g/mol. The van der Waals surface area contributed by atoms with Gasteiger partial charge in [0.25, 0.3) is 0 Å². The minimum Gasteiger partial charge on any atom is -0.326 e. The van der Waals surface area contributed by atoms with E-state index in [0.29, 0.717) is 12.0 Å².